The topological polar surface area (TPSA) is 179 Å². The first kappa shape index (κ1) is 29.8. The van der Waals surface area contributed by atoms with Gasteiger partial charge in [0.05, 0.1) is 11.2 Å². The molecule has 4 atom stereocenters. The zero-order valence-electron chi connectivity index (χ0n) is 24.1. The van der Waals surface area contributed by atoms with Crippen LogP contribution in [0.1, 0.15) is 40.8 Å². The number of carbonyl (C=O) groups is 2. The van der Waals surface area contributed by atoms with Gasteiger partial charge >= 0.3 is 6.03 Å². The number of ether oxygens (including phenoxy) is 3. The van der Waals surface area contributed by atoms with Gasteiger partial charge in [-0.3, -0.25) is 14.7 Å². The van der Waals surface area contributed by atoms with Crippen molar-refractivity contribution in [2.24, 2.45) is 0 Å². The van der Waals surface area contributed by atoms with Gasteiger partial charge in [0.1, 0.15) is 18.5 Å². The molecule has 4 heterocycles. The number of nitrogens with zero attached hydrogens (tertiary/aromatic N) is 5. The van der Waals surface area contributed by atoms with Crippen molar-refractivity contribution in [2.75, 3.05) is 24.2 Å². The van der Waals surface area contributed by atoms with Crippen LogP contribution in [0.3, 0.4) is 0 Å². The van der Waals surface area contributed by atoms with Crippen LogP contribution in [0.2, 0.25) is 0 Å². The van der Waals surface area contributed by atoms with Gasteiger partial charge in [-0.25, -0.2) is 28.2 Å². The largest absolute Gasteiger partial charge is 0.354 e. The second-order valence-corrected chi connectivity index (χ2v) is 12.7. The van der Waals surface area contributed by atoms with E-state index in [1.54, 1.807) is 44.4 Å². The van der Waals surface area contributed by atoms with Crippen molar-refractivity contribution < 1.29 is 32.2 Å². The molecule has 1 aromatic carbocycles. The maximum absolute atomic E-state index is 12.9. The summed E-state index contributed by atoms with van der Waals surface area (Å²) in [5.41, 5.74) is 0.866. The molecule has 2 aliphatic heterocycles. The summed E-state index contributed by atoms with van der Waals surface area (Å²) >= 11 is 0. The number of benzene rings is 1. The van der Waals surface area contributed by atoms with Crippen LogP contribution in [0.25, 0.3) is 11.2 Å². The number of sulfonamides is 1. The van der Waals surface area contributed by atoms with E-state index in [1.807, 2.05) is 6.92 Å². The highest BCUT2D eigenvalue weighted by molar-refractivity contribution is 7.89. The van der Waals surface area contributed by atoms with Crippen LogP contribution < -0.4 is 16.0 Å². The fraction of sp³-hybridized carbons (Fsp3) is 0.500. The molecule has 2 aromatic heterocycles. The van der Waals surface area contributed by atoms with E-state index in [2.05, 4.69) is 30.9 Å². The number of imidazole rings is 1. The normalized spacial score (nSPS) is 23.3. The number of amides is 3. The first-order valence-corrected chi connectivity index (χ1v) is 14.9. The number of likely N-dealkylation sites (N-methyl/N-ethyl adjacent to an activating group) is 1. The molecule has 0 bridgehead atoms. The summed E-state index contributed by atoms with van der Waals surface area (Å²) in [4.78, 5) is 38.6. The van der Waals surface area contributed by atoms with E-state index in [4.69, 9.17) is 14.2 Å². The van der Waals surface area contributed by atoms with Gasteiger partial charge < -0.3 is 24.8 Å². The summed E-state index contributed by atoms with van der Waals surface area (Å²) in [5.74, 6) is -1.14. The van der Waals surface area contributed by atoms with Crippen LogP contribution in [0, 0.1) is 0 Å². The van der Waals surface area contributed by atoms with Crippen molar-refractivity contribution >= 4 is 44.6 Å². The monoisotopic (exact) mass is 602 g/mol. The van der Waals surface area contributed by atoms with Crippen LogP contribution in [0.4, 0.5) is 16.3 Å². The van der Waals surface area contributed by atoms with Crippen molar-refractivity contribution in [2.45, 2.75) is 75.9 Å². The second kappa shape index (κ2) is 11.2. The Bertz CT molecular complexity index is 1610. The molecule has 3 N–H and O–H groups in total. The number of nitrogens with one attached hydrogen (secondary N) is 3. The third-order valence-electron chi connectivity index (χ3n) is 7.00. The number of urea groups is 1. The van der Waals surface area contributed by atoms with Crippen molar-refractivity contribution in [1.82, 2.24) is 29.1 Å². The minimum Gasteiger partial charge on any atom is -0.354 e. The van der Waals surface area contributed by atoms with Crippen LogP contribution in [-0.2, 0) is 29.0 Å². The van der Waals surface area contributed by atoms with Gasteiger partial charge in [-0.15, -0.1) is 0 Å². The molecule has 2 fully saturated rings. The van der Waals surface area contributed by atoms with Crippen LogP contribution in [-0.4, -0.2) is 87.9 Å². The minimum absolute atomic E-state index is 0.0433. The molecule has 0 unspecified atom stereocenters. The van der Waals surface area contributed by atoms with Crippen molar-refractivity contribution in [3.8, 4) is 0 Å². The number of anilines is 2. The lowest BCUT2D eigenvalue weighted by Gasteiger charge is -2.24. The van der Waals surface area contributed by atoms with Gasteiger partial charge in [-0.2, -0.15) is 4.31 Å². The van der Waals surface area contributed by atoms with E-state index in [-0.39, 0.29) is 33.9 Å². The van der Waals surface area contributed by atoms with Gasteiger partial charge in [0.25, 0.3) is 5.91 Å². The molecule has 2 aliphatic rings. The Kier molecular flexibility index (Phi) is 7.93. The fourth-order valence-corrected chi connectivity index (χ4v) is 6.28. The van der Waals surface area contributed by atoms with E-state index >= 15 is 0 Å². The van der Waals surface area contributed by atoms with E-state index < -0.39 is 46.4 Å². The smallest absolute Gasteiger partial charge is 0.324 e. The zero-order chi connectivity index (χ0) is 30.4. The van der Waals surface area contributed by atoms with E-state index in [1.165, 1.54) is 36.1 Å². The Hall–Kier alpha value is -3.70. The summed E-state index contributed by atoms with van der Waals surface area (Å²) in [5, 5.41) is 8.04. The Labute approximate surface area is 243 Å². The number of rotatable bonds is 8. The highest BCUT2D eigenvalue weighted by Crippen LogP contribution is 2.44. The molecular formula is C26H34N8O7S. The first-order chi connectivity index (χ1) is 19.8. The van der Waals surface area contributed by atoms with Gasteiger partial charge in [-0.05, 0) is 52.8 Å². The highest BCUT2D eigenvalue weighted by Gasteiger charge is 2.58. The van der Waals surface area contributed by atoms with E-state index in [0.29, 0.717) is 12.2 Å². The standard InChI is InChI=1S/C26H34N8O7S/c1-7-27-23(35)19-18-20(41-26(4,5)40-18)24(39-19)34-13-30-17-21(28-12-29-22(17)34)32-25(36)31-15-9-8-10-16(11-15)42(37,38)33(6)14(2)3/h8-14,18-20,24H,7H2,1-6H3,(H,27,35)(H2,28,29,31,32,36)/t18-,19+,20-,24-/m1/s1. The summed E-state index contributed by atoms with van der Waals surface area (Å²) in [6.45, 7) is 9.31. The Morgan fingerprint density at radius 1 is 1.12 bits per heavy atom. The van der Waals surface area contributed by atoms with Gasteiger partial charge in [-0.1, -0.05) is 6.07 Å². The molecular weight excluding hydrogens is 568 g/mol. The number of carbonyl (C=O) groups excluding carboxylic acids is 2. The lowest BCUT2D eigenvalue weighted by atomic mass is 10.1. The van der Waals surface area contributed by atoms with Crippen LogP contribution in [0.5, 0.6) is 0 Å². The molecule has 3 amide bonds. The molecule has 3 aromatic rings. The van der Waals surface area contributed by atoms with Crippen molar-refractivity contribution in [3.05, 3.63) is 36.9 Å². The predicted octanol–water partition coefficient (Wildman–Crippen LogP) is 2.05. The average molecular weight is 603 g/mol. The fourth-order valence-electron chi connectivity index (χ4n) is 4.86. The summed E-state index contributed by atoms with van der Waals surface area (Å²) in [7, 11) is -2.25. The Morgan fingerprint density at radius 3 is 2.57 bits per heavy atom. The van der Waals surface area contributed by atoms with Crippen LogP contribution in [0.15, 0.2) is 41.8 Å². The number of aromatic nitrogens is 4. The molecule has 2 saturated heterocycles. The molecule has 5 rings (SSSR count). The van der Waals surface area contributed by atoms with Gasteiger partial charge in [0, 0.05) is 25.3 Å². The number of hydrogen-bond acceptors (Lipinski definition) is 10. The van der Waals surface area contributed by atoms with Gasteiger partial charge in [0.2, 0.25) is 10.0 Å². The number of hydrogen-bond donors (Lipinski definition) is 3. The second-order valence-electron chi connectivity index (χ2n) is 10.7. The third-order valence-corrected chi connectivity index (χ3v) is 9.03. The minimum atomic E-state index is -3.74. The Balaban J connectivity index is 1.36. The van der Waals surface area contributed by atoms with E-state index in [9.17, 15) is 18.0 Å². The van der Waals surface area contributed by atoms with Crippen molar-refractivity contribution in [3.63, 3.8) is 0 Å². The maximum Gasteiger partial charge on any atom is 0.324 e. The predicted molar refractivity (Wildman–Crippen MR) is 151 cm³/mol. The lowest BCUT2D eigenvalue weighted by Crippen LogP contribution is -2.42. The summed E-state index contributed by atoms with van der Waals surface area (Å²) in [6.07, 6.45) is -0.256. The van der Waals surface area contributed by atoms with Crippen LogP contribution >= 0.6 is 0 Å². The summed E-state index contributed by atoms with van der Waals surface area (Å²) < 4.78 is 46.8. The van der Waals surface area contributed by atoms with Crippen molar-refractivity contribution in [1.29, 1.82) is 0 Å². The molecule has 15 nitrogen and oxygen atoms in total. The maximum atomic E-state index is 12.9. The SMILES string of the molecule is CCNC(=O)[C@H]1O[C@@H](n2cnc3c(NC(=O)Nc4cccc(S(=O)(=O)N(C)C(C)C)c4)ncnc32)[C@@H]2OC(C)(C)O[C@@H]21. The number of fused-ring (bicyclic) bond motifs is 2. The molecule has 16 heteroatoms. The summed E-state index contributed by atoms with van der Waals surface area (Å²) in [6, 6.07) is 5.04. The van der Waals surface area contributed by atoms with E-state index in [0.717, 1.165) is 0 Å². The highest BCUT2D eigenvalue weighted by atomic mass is 32.2. The van der Waals surface area contributed by atoms with Gasteiger partial charge in [0.15, 0.2) is 35.1 Å². The average Bonchev–Trinajstić information content (AvgIpc) is 3.59. The molecule has 0 spiro atoms. The molecule has 0 saturated carbocycles. The quantitative estimate of drug-likeness (QED) is 0.346. The lowest BCUT2D eigenvalue weighted by molar-refractivity contribution is -0.197. The third kappa shape index (κ3) is 5.55. The molecule has 226 valence electrons. The molecule has 42 heavy (non-hydrogen) atoms. The zero-order valence-corrected chi connectivity index (χ0v) is 24.9. The first-order valence-electron chi connectivity index (χ1n) is 13.4. The molecule has 0 aliphatic carbocycles. The Morgan fingerprint density at radius 2 is 1.86 bits per heavy atom. The molecule has 0 radical (unpaired) electrons.